The summed E-state index contributed by atoms with van der Waals surface area (Å²) in [6.07, 6.45) is 2.35. The molecule has 4 nitrogen and oxygen atoms in total. The van der Waals surface area contributed by atoms with Gasteiger partial charge in [-0.2, -0.15) is 5.10 Å². The average molecular weight is 238 g/mol. The number of rotatable bonds is 3. The molecule has 1 aliphatic heterocycles. The summed E-state index contributed by atoms with van der Waals surface area (Å²) in [4.78, 5) is 0. The van der Waals surface area contributed by atoms with Crippen LogP contribution in [0.25, 0.3) is 0 Å². The van der Waals surface area contributed by atoms with Gasteiger partial charge in [-0.3, -0.25) is 0 Å². The van der Waals surface area contributed by atoms with E-state index in [2.05, 4.69) is 10.5 Å². The van der Waals surface area contributed by atoms with Gasteiger partial charge in [-0.1, -0.05) is 30.3 Å². The van der Waals surface area contributed by atoms with Crippen molar-refractivity contribution >= 4 is 16.1 Å². The van der Waals surface area contributed by atoms with Crippen LogP contribution in [0, 0.1) is 0 Å². The number of hydrogen-bond acceptors (Lipinski definition) is 4. The Kier molecular flexibility index (Phi) is 3.24. The van der Waals surface area contributed by atoms with Gasteiger partial charge < -0.3 is 5.43 Å². The fourth-order valence-corrected chi connectivity index (χ4v) is 3.32. The van der Waals surface area contributed by atoms with Gasteiger partial charge in [0.2, 0.25) is 0 Å². The average Bonchev–Trinajstić information content (AvgIpc) is 2.60. The van der Waals surface area contributed by atoms with E-state index in [1.807, 2.05) is 30.3 Å². The van der Waals surface area contributed by atoms with Crippen LogP contribution < -0.4 is 5.43 Å². The Balaban J connectivity index is 1.87. The molecule has 2 rings (SSSR count). The van der Waals surface area contributed by atoms with Crippen LogP contribution in [0.5, 0.6) is 0 Å². The molecule has 0 unspecified atom stereocenters. The van der Waals surface area contributed by atoms with Crippen molar-refractivity contribution in [3.8, 4) is 0 Å². The van der Waals surface area contributed by atoms with Crippen molar-refractivity contribution in [1.82, 2.24) is 5.43 Å². The highest BCUT2D eigenvalue weighted by Gasteiger charge is 2.27. The molecule has 1 aromatic rings. The zero-order chi connectivity index (χ0) is 11.4. The van der Waals surface area contributed by atoms with Crippen molar-refractivity contribution in [3.63, 3.8) is 0 Å². The van der Waals surface area contributed by atoms with Crippen LogP contribution in [0.2, 0.25) is 0 Å². The molecular weight excluding hydrogens is 224 g/mol. The van der Waals surface area contributed by atoms with Crippen LogP contribution in [0.4, 0.5) is 0 Å². The lowest BCUT2D eigenvalue weighted by Gasteiger charge is -2.05. The smallest absolute Gasteiger partial charge is 0.152 e. The lowest BCUT2D eigenvalue weighted by molar-refractivity contribution is 0.578. The Hall–Kier alpha value is -1.36. The molecule has 1 fully saturated rings. The molecule has 1 N–H and O–H groups in total. The van der Waals surface area contributed by atoms with Gasteiger partial charge in [0.05, 0.1) is 23.8 Å². The molecule has 5 heteroatoms. The SMILES string of the molecule is O=S1(=O)CC[C@H](N/N=C\c2ccccc2)C1. The molecule has 0 bridgehead atoms. The minimum Gasteiger partial charge on any atom is -0.306 e. The lowest BCUT2D eigenvalue weighted by Crippen LogP contribution is -2.25. The van der Waals surface area contributed by atoms with Crippen molar-refractivity contribution in [2.24, 2.45) is 5.10 Å². The van der Waals surface area contributed by atoms with Crippen LogP contribution >= 0.6 is 0 Å². The first kappa shape index (κ1) is 11.1. The maximum absolute atomic E-state index is 11.2. The highest BCUT2D eigenvalue weighted by Crippen LogP contribution is 2.10. The van der Waals surface area contributed by atoms with Gasteiger partial charge in [0, 0.05) is 0 Å². The summed E-state index contributed by atoms with van der Waals surface area (Å²) in [7, 11) is -2.83. The topological polar surface area (TPSA) is 58.5 Å². The van der Waals surface area contributed by atoms with E-state index >= 15 is 0 Å². The van der Waals surface area contributed by atoms with Crippen LogP contribution in [0.15, 0.2) is 35.4 Å². The number of hydrogen-bond donors (Lipinski definition) is 1. The summed E-state index contributed by atoms with van der Waals surface area (Å²) in [5.74, 6) is 0.463. The second-order valence-electron chi connectivity index (χ2n) is 3.90. The molecule has 0 aromatic heterocycles. The molecule has 1 saturated heterocycles. The third kappa shape index (κ3) is 3.06. The molecule has 0 spiro atoms. The van der Waals surface area contributed by atoms with Crippen LogP contribution in [-0.2, 0) is 9.84 Å². The van der Waals surface area contributed by atoms with E-state index in [0.717, 1.165) is 5.56 Å². The molecule has 86 valence electrons. The maximum atomic E-state index is 11.2. The van der Waals surface area contributed by atoms with E-state index in [1.54, 1.807) is 6.21 Å². The largest absolute Gasteiger partial charge is 0.306 e. The number of hydrazone groups is 1. The number of nitrogens with zero attached hydrogens (tertiary/aromatic N) is 1. The zero-order valence-electron chi connectivity index (χ0n) is 8.83. The van der Waals surface area contributed by atoms with E-state index in [-0.39, 0.29) is 17.5 Å². The van der Waals surface area contributed by atoms with Gasteiger partial charge in [0.1, 0.15) is 0 Å². The highest BCUT2D eigenvalue weighted by molar-refractivity contribution is 7.91. The van der Waals surface area contributed by atoms with Crippen molar-refractivity contribution < 1.29 is 8.42 Å². The van der Waals surface area contributed by atoms with Crippen molar-refractivity contribution in [1.29, 1.82) is 0 Å². The summed E-state index contributed by atoms with van der Waals surface area (Å²) in [6, 6.07) is 9.65. The first-order valence-electron chi connectivity index (χ1n) is 5.20. The number of benzene rings is 1. The van der Waals surface area contributed by atoms with E-state index in [4.69, 9.17) is 0 Å². The summed E-state index contributed by atoms with van der Waals surface area (Å²) in [5, 5.41) is 4.05. The van der Waals surface area contributed by atoms with Crippen molar-refractivity contribution in [2.45, 2.75) is 12.5 Å². The minimum absolute atomic E-state index is 0.0371. The molecule has 1 atom stereocenters. The minimum atomic E-state index is -2.83. The quantitative estimate of drug-likeness (QED) is 0.626. The number of sulfone groups is 1. The van der Waals surface area contributed by atoms with Gasteiger partial charge >= 0.3 is 0 Å². The van der Waals surface area contributed by atoms with E-state index in [9.17, 15) is 8.42 Å². The maximum Gasteiger partial charge on any atom is 0.152 e. The lowest BCUT2D eigenvalue weighted by atomic mass is 10.2. The summed E-state index contributed by atoms with van der Waals surface area (Å²) in [6.45, 7) is 0. The molecule has 16 heavy (non-hydrogen) atoms. The fourth-order valence-electron chi connectivity index (χ4n) is 1.65. The van der Waals surface area contributed by atoms with E-state index in [0.29, 0.717) is 6.42 Å². The normalized spacial score (nSPS) is 23.6. The molecule has 1 aliphatic rings. The second kappa shape index (κ2) is 4.65. The van der Waals surface area contributed by atoms with Crippen molar-refractivity contribution in [2.75, 3.05) is 11.5 Å². The van der Waals surface area contributed by atoms with Crippen LogP contribution in [-0.4, -0.2) is 32.2 Å². The van der Waals surface area contributed by atoms with Gasteiger partial charge in [-0.25, -0.2) is 8.42 Å². The first-order valence-corrected chi connectivity index (χ1v) is 7.02. The summed E-state index contributed by atoms with van der Waals surface area (Å²) in [5.41, 5.74) is 3.87. The Morgan fingerprint density at radius 3 is 2.69 bits per heavy atom. The number of nitrogens with one attached hydrogen (secondary N) is 1. The van der Waals surface area contributed by atoms with Crippen LogP contribution in [0.3, 0.4) is 0 Å². The predicted molar refractivity (Wildman–Crippen MR) is 64.2 cm³/mol. The van der Waals surface area contributed by atoms with Gasteiger partial charge in [0.25, 0.3) is 0 Å². The third-order valence-electron chi connectivity index (χ3n) is 2.50. The van der Waals surface area contributed by atoms with Gasteiger partial charge in [0.15, 0.2) is 9.84 Å². The Bertz CT molecular complexity index is 468. The predicted octanol–water partition coefficient (Wildman–Crippen LogP) is 0.797. The summed E-state index contributed by atoms with van der Waals surface area (Å²) >= 11 is 0. The van der Waals surface area contributed by atoms with Crippen LogP contribution in [0.1, 0.15) is 12.0 Å². The highest BCUT2D eigenvalue weighted by atomic mass is 32.2. The van der Waals surface area contributed by atoms with E-state index in [1.165, 1.54) is 0 Å². The standard InChI is InChI=1S/C11H14N2O2S/c14-16(15)7-6-11(9-16)13-12-8-10-4-2-1-3-5-10/h1-5,8,11,13H,6-7,9H2/b12-8-/t11-/m0/s1. The fraction of sp³-hybridized carbons (Fsp3) is 0.364. The Labute approximate surface area is 95.3 Å². The zero-order valence-corrected chi connectivity index (χ0v) is 9.65. The monoisotopic (exact) mass is 238 g/mol. The molecule has 1 aromatic carbocycles. The molecular formula is C11H14N2O2S. The third-order valence-corrected chi connectivity index (χ3v) is 4.27. The van der Waals surface area contributed by atoms with E-state index < -0.39 is 9.84 Å². The van der Waals surface area contributed by atoms with Gasteiger partial charge in [-0.05, 0) is 12.0 Å². The molecule has 1 heterocycles. The first-order chi connectivity index (χ1) is 7.66. The molecule has 0 saturated carbocycles. The Morgan fingerprint density at radius 1 is 1.31 bits per heavy atom. The molecule has 0 radical (unpaired) electrons. The molecule has 0 amide bonds. The molecule has 0 aliphatic carbocycles. The second-order valence-corrected chi connectivity index (χ2v) is 6.13. The van der Waals surface area contributed by atoms with Crippen molar-refractivity contribution in [3.05, 3.63) is 35.9 Å². The van der Waals surface area contributed by atoms with Gasteiger partial charge in [-0.15, -0.1) is 0 Å². The Morgan fingerprint density at radius 2 is 2.06 bits per heavy atom. The summed E-state index contributed by atoms with van der Waals surface area (Å²) < 4.78 is 22.4.